The zero-order valence-electron chi connectivity index (χ0n) is 12.1. The van der Waals surface area contributed by atoms with Crippen molar-refractivity contribution in [3.05, 3.63) is 29.8 Å². The lowest BCUT2D eigenvalue weighted by atomic mass is 9.96. The summed E-state index contributed by atoms with van der Waals surface area (Å²) in [6.07, 6.45) is 3.47. The molecule has 2 rings (SSSR count). The van der Waals surface area contributed by atoms with Gasteiger partial charge in [-0.2, -0.15) is 0 Å². The molecule has 0 amide bonds. The number of hydrogen-bond donors (Lipinski definition) is 1. The van der Waals surface area contributed by atoms with E-state index in [1.807, 2.05) is 0 Å². The van der Waals surface area contributed by atoms with Crippen molar-refractivity contribution in [1.82, 2.24) is 0 Å². The number of rotatable bonds is 5. The highest BCUT2D eigenvalue weighted by atomic mass is 16.5. The standard InChI is InChI=1S/C16H26N2O/c1-13(17)10-15-7-3-4-8-16(15)18-9-5-6-14(11-18)12-19-2/h3-4,7-8,13-14H,5-6,9-12,17H2,1-2H3. The van der Waals surface area contributed by atoms with Crippen LogP contribution in [0.3, 0.4) is 0 Å². The number of anilines is 1. The van der Waals surface area contributed by atoms with Crippen LogP contribution in [0.5, 0.6) is 0 Å². The van der Waals surface area contributed by atoms with Gasteiger partial charge in [0.05, 0.1) is 6.61 Å². The van der Waals surface area contributed by atoms with Gasteiger partial charge in [-0.15, -0.1) is 0 Å². The molecule has 2 unspecified atom stereocenters. The van der Waals surface area contributed by atoms with Gasteiger partial charge in [0.25, 0.3) is 0 Å². The molecule has 1 aromatic rings. The second kappa shape index (κ2) is 6.92. The molecular formula is C16H26N2O. The van der Waals surface area contributed by atoms with Crippen LogP contribution in [0.2, 0.25) is 0 Å². The molecule has 1 heterocycles. The van der Waals surface area contributed by atoms with E-state index in [-0.39, 0.29) is 6.04 Å². The minimum atomic E-state index is 0.209. The van der Waals surface area contributed by atoms with Gasteiger partial charge in [0.15, 0.2) is 0 Å². The van der Waals surface area contributed by atoms with Crippen LogP contribution in [-0.4, -0.2) is 32.8 Å². The summed E-state index contributed by atoms with van der Waals surface area (Å²) < 4.78 is 5.31. The fraction of sp³-hybridized carbons (Fsp3) is 0.625. The van der Waals surface area contributed by atoms with Gasteiger partial charge in [-0.1, -0.05) is 18.2 Å². The van der Waals surface area contributed by atoms with Crippen molar-refractivity contribution in [2.24, 2.45) is 11.7 Å². The lowest BCUT2D eigenvalue weighted by Gasteiger charge is -2.35. The SMILES string of the molecule is COCC1CCCN(c2ccccc2CC(C)N)C1. The highest BCUT2D eigenvalue weighted by Gasteiger charge is 2.21. The fourth-order valence-electron chi connectivity index (χ4n) is 2.99. The van der Waals surface area contributed by atoms with Gasteiger partial charge in [-0.3, -0.25) is 0 Å². The summed E-state index contributed by atoms with van der Waals surface area (Å²) in [4.78, 5) is 2.50. The first-order chi connectivity index (χ1) is 9.20. The van der Waals surface area contributed by atoms with E-state index in [2.05, 4.69) is 36.1 Å². The Labute approximate surface area is 116 Å². The maximum Gasteiger partial charge on any atom is 0.0507 e. The van der Waals surface area contributed by atoms with Crippen molar-refractivity contribution in [1.29, 1.82) is 0 Å². The summed E-state index contributed by atoms with van der Waals surface area (Å²) in [6.45, 7) is 5.19. The Kier molecular flexibility index (Phi) is 5.23. The number of para-hydroxylation sites is 1. The molecule has 3 nitrogen and oxygen atoms in total. The second-order valence-electron chi connectivity index (χ2n) is 5.72. The fourth-order valence-corrected chi connectivity index (χ4v) is 2.99. The molecule has 1 saturated heterocycles. The van der Waals surface area contributed by atoms with E-state index >= 15 is 0 Å². The normalized spacial score (nSPS) is 21.4. The maximum atomic E-state index is 5.96. The van der Waals surface area contributed by atoms with E-state index < -0.39 is 0 Å². The summed E-state index contributed by atoms with van der Waals surface area (Å²) in [5, 5.41) is 0. The van der Waals surface area contributed by atoms with Crippen LogP contribution in [0, 0.1) is 5.92 Å². The second-order valence-corrected chi connectivity index (χ2v) is 5.72. The molecule has 1 fully saturated rings. The minimum absolute atomic E-state index is 0.209. The smallest absolute Gasteiger partial charge is 0.0507 e. The molecule has 106 valence electrons. The van der Waals surface area contributed by atoms with Crippen LogP contribution in [0.4, 0.5) is 5.69 Å². The summed E-state index contributed by atoms with van der Waals surface area (Å²) >= 11 is 0. The third-order valence-corrected chi connectivity index (χ3v) is 3.80. The number of nitrogens with two attached hydrogens (primary N) is 1. The summed E-state index contributed by atoms with van der Waals surface area (Å²) in [5.74, 6) is 0.655. The molecule has 2 N–H and O–H groups in total. The molecule has 0 saturated carbocycles. The predicted octanol–water partition coefficient (Wildman–Crippen LogP) is 2.44. The number of piperidine rings is 1. The minimum Gasteiger partial charge on any atom is -0.384 e. The third-order valence-electron chi connectivity index (χ3n) is 3.80. The van der Waals surface area contributed by atoms with Gasteiger partial charge in [-0.05, 0) is 43.7 Å². The van der Waals surface area contributed by atoms with Gasteiger partial charge in [0.2, 0.25) is 0 Å². The average molecular weight is 262 g/mol. The first-order valence-corrected chi connectivity index (χ1v) is 7.28. The van der Waals surface area contributed by atoms with E-state index in [0.717, 1.165) is 26.1 Å². The highest BCUT2D eigenvalue weighted by Crippen LogP contribution is 2.27. The average Bonchev–Trinajstić information content (AvgIpc) is 2.39. The zero-order chi connectivity index (χ0) is 13.7. The quantitative estimate of drug-likeness (QED) is 0.886. The van der Waals surface area contributed by atoms with Crippen molar-refractivity contribution in [3.8, 4) is 0 Å². The molecule has 0 radical (unpaired) electrons. The van der Waals surface area contributed by atoms with Crippen molar-refractivity contribution in [2.45, 2.75) is 32.2 Å². The molecule has 0 spiro atoms. The Bertz CT molecular complexity index is 390. The molecular weight excluding hydrogens is 236 g/mol. The van der Waals surface area contributed by atoms with Crippen LogP contribution in [0.1, 0.15) is 25.3 Å². The molecule has 1 aliphatic heterocycles. The molecule has 1 aliphatic rings. The molecule has 0 aromatic heterocycles. The van der Waals surface area contributed by atoms with Gasteiger partial charge in [-0.25, -0.2) is 0 Å². The molecule has 0 bridgehead atoms. The number of ether oxygens (including phenoxy) is 1. The van der Waals surface area contributed by atoms with Crippen LogP contribution in [0.15, 0.2) is 24.3 Å². The largest absolute Gasteiger partial charge is 0.384 e. The highest BCUT2D eigenvalue weighted by molar-refractivity contribution is 5.54. The Morgan fingerprint density at radius 2 is 2.21 bits per heavy atom. The van der Waals surface area contributed by atoms with E-state index in [4.69, 9.17) is 10.5 Å². The van der Waals surface area contributed by atoms with Crippen molar-refractivity contribution < 1.29 is 4.74 Å². The first kappa shape index (κ1) is 14.4. The van der Waals surface area contributed by atoms with E-state index in [1.54, 1.807) is 7.11 Å². The van der Waals surface area contributed by atoms with E-state index in [9.17, 15) is 0 Å². The molecule has 19 heavy (non-hydrogen) atoms. The number of methoxy groups -OCH3 is 1. The third kappa shape index (κ3) is 3.95. The number of benzene rings is 1. The monoisotopic (exact) mass is 262 g/mol. The van der Waals surface area contributed by atoms with Crippen LogP contribution >= 0.6 is 0 Å². The van der Waals surface area contributed by atoms with Crippen molar-refractivity contribution in [3.63, 3.8) is 0 Å². The zero-order valence-corrected chi connectivity index (χ0v) is 12.1. The van der Waals surface area contributed by atoms with E-state index in [1.165, 1.54) is 24.1 Å². The lowest BCUT2D eigenvalue weighted by Crippen LogP contribution is -2.37. The van der Waals surface area contributed by atoms with E-state index in [0.29, 0.717) is 5.92 Å². The summed E-state index contributed by atoms with van der Waals surface area (Å²) in [7, 11) is 1.79. The summed E-state index contributed by atoms with van der Waals surface area (Å²) in [5.41, 5.74) is 8.69. The first-order valence-electron chi connectivity index (χ1n) is 7.28. The Morgan fingerprint density at radius 1 is 1.42 bits per heavy atom. The number of nitrogens with zero attached hydrogens (tertiary/aromatic N) is 1. The lowest BCUT2D eigenvalue weighted by molar-refractivity contribution is 0.143. The van der Waals surface area contributed by atoms with Gasteiger partial charge >= 0.3 is 0 Å². The van der Waals surface area contributed by atoms with Crippen LogP contribution in [-0.2, 0) is 11.2 Å². The molecule has 3 heteroatoms. The van der Waals surface area contributed by atoms with Gasteiger partial charge in [0.1, 0.15) is 0 Å². The van der Waals surface area contributed by atoms with Gasteiger partial charge < -0.3 is 15.4 Å². The van der Waals surface area contributed by atoms with Gasteiger partial charge in [0, 0.05) is 31.9 Å². The predicted molar refractivity (Wildman–Crippen MR) is 80.6 cm³/mol. The summed E-state index contributed by atoms with van der Waals surface area (Å²) in [6, 6.07) is 8.88. The number of hydrogen-bond acceptors (Lipinski definition) is 3. The van der Waals surface area contributed by atoms with Crippen LogP contribution < -0.4 is 10.6 Å². The Morgan fingerprint density at radius 3 is 2.95 bits per heavy atom. The topological polar surface area (TPSA) is 38.5 Å². The maximum absolute atomic E-state index is 5.96. The Balaban J connectivity index is 2.11. The molecule has 2 atom stereocenters. The Hall–Kier alpha value is -1.06. The van der Waals surface area contributed by atoms with Crippen molar-refractivity contribution in [2.75, 3.05) is 31.7 Å². The van der Waals surface area contributed by atoms with Crippen molar-refractivity contribution >= 4 is 5.69 Å². The van der Waals surface area contributed by atoms with Crippen LogP contribution in [0.25, 0.3) is 0 Å². The molecule has 1 aromatic carbocycles. The molecule has 0 aliphatic carbocycles.